The van der Waals surface area contributed by atoms with Crippen molar-refractivity contribution >= 4 is 0 Å². The first-order valence-electron chi connectivity index (χ1n) is 10.5. The predicted molar refractivity (Wildman–Crippen MR) is 123 cm³/mol. The Hall–Kier alpha value is -3.04. The summed E-state index contributed by atoms with van der Waals surface area (Å²) in [6.07, 6.45) is 4.97. The van der Waals surface area contributed by atoms with Crippen LogP contribution in [0.25, 0.3) is 22.3 Å². The van der Waals surface area contributed by atoms with Gasteiger partial charge >= 0.3 is 0 Å². The van der Waals surface area contributed by atoms with Crippen LogP contribution in [0.15, 0.2) is 79.1 Å². The topological polar surface area (TPSA) is 38.7 Å². The second-order valence-corrected chi connectivity index (χ2v) is 7.57. The van der Waals surface area contributed by atoms with Gasteiger partial charge in [-0.15, -0.1) is 0 Å². The van der Waals surface area contributed by atoms with Crippen molar-refractivity contribution in [1.82, 2.24) is 0 Å². The molecule has 3 aromatic carbocycles. The standard InChI is InChI=1S/C27H30O3/c1-4-5-6-7-22-8-10-24(11-9-22)27-17-14-25(18-20(27)2)23-12-15-26(16-13-23)30-29-21(3)19-28/h8-18,28H,3-7,19H2,1-2H3. The number of benzene rings is 3. The minimum atomic E-state index is -0.273. The van der Waals surface area contributed by atoms with Crippen LogP contribution < -0.4 is 4.89 Å². The first kappa shape index (κ1) is 21.7. The number of hydrogen-bond donors (Lipinski definition) is 1. The van der Waals surface area contributed by atoms with Gasteiger partial charge in [-0.1, -0.05) is 80.9 Å². The highest BCUT2D eigenvalue weighted by Gasteiger charge is 2.06. The van der Waals surface area contributed by atoms with Crippen molar-refractivity contribution in [2.24, 2.45) is 0 Å². The maximum atomic E-state index is 8.89. The van der Waals surface area contributed by atoms with E-state index in [0.29, 0.717) is 5.75 Å². The second kappa shape index (κ2) is 10.7. The summed E-state index contributed by atoms with van der Waals surface area (Å²) in [5.41, 5.74) is 7.42. The van der Waals surface area contributed by atoms with E-state index in [9.17, 15) is 0 Å². The van der Waals surface area contributed by atoms with E-state index < -0.39 is 0 Å². The van der Waals surface area contributed by atoms with Gasteiger partial charge in [0, 0.05) is 0 Å². The molecule has 0 amide bonds. The molecule has 3 rings (SSSR count). The third kappa shape index (κ3) is 5.74. The molecule has 0 saturated heterocycles. The minimum absolute atomic E-state index is 0.166. The number of rotatable bonds is 10. The predicted octanol–water partition coefficient (Wildman–Crippen LogP) is 6.88. The summed E-state index contributed by atoms with van der Waals surface area (Å²) >= 11 is 0. The van der Waals surface area contributed by atoms with Gasteiger partial charge in [0.1, 0.15) is 6.61 Å². The van der Waals surface area contributed by atoms with Crippen LogP contribution >= 0.6 is 0 Å². The molecule has 0 aliphatic carbocycles. The first-order chi connectivity index (χ1) is 14.6. The number of aliphatic hydroxyl groups excluding tert-OH is 1. The van der Waals surface area contributed by atoms with Gasteiger partial charge in [0.2, 0.25) is 0 Å². The number of aryl methyl sites for hydroxylation is 2. The van der Waals surface area contributed by atoms with Gasteiger partial charge in [-0.3, -0.25) is 9.78 Å². The highest BCUT2D eigenvalue weighted by atomic mass is 17.2. The number of hydrogen-bond acceptors (Lipinski definition) is 3. The van der Waals surface area contributed by atoms with E-state index in [1.54, 1.807) is 0 Å². The zero-order valence-corrected chi connectivity index (χ0v) is 17.9. The van der Waals surface area contributed by atoms with E-state index in [1.807, 2.05) is 24.3 Å². The Morgan fingerprint density at radius 2 is 1.53 bits per heavy atom. The lowest BCUT2D eigenvalue weighted by Crippen LogP contribution is -1.99. The summed E-state index contributed by atoms with van der Waals surface area (Å²) in [6, 6.07) is 23.2. The van der Waals surface area contributed by atoms with Crippen molar-refractivity contribution < 1.29 is 14.9 Å². The van der Waals surface area contributed by atoms with Gasteiger partial charge in [0.05, 0.1) is 0 Å². The van der Waals surface area contributed by atoms with Crippen molar-refractivity contribution in [3.8, 4) is 28.0 Å². The molecule has 0 aromatic heterocycles. The number of unbranched alkanes of at least 4 members (excludes halogenated alkanes) is 2. The Morgan fingerprint density at radius 1 is 0.867 bits per heavy atom. The van der Waals surface area contributed by atoms with Crippen molar-refractivity contribution in [2.45, 2.75) is 39.5 Å². The Balaban J connectivity index is 1.69. The van der Waals surface area contributed by atoms with E-state index in [4.69, 9.17) is 14.9 Å². The Labute approximate surface area is 179 Å². The van der Waals surface area contributed by atoms with Gasteiger partial charge in [0.15, 0.2) is 11.5 Å². The van der Waals surface area contributed by atoms with Crippen LogP contribution in [-0.2, 0) is 11.3 Å². The lowest BCUT2D eigenvalue weighted by molar-refractivity contribution is -0.172. The van der Waals surface area contributed by atoms with Crippen molar-refractivity contribution in [2.75, 3.05) is 6.61 Å². The molecule has 3 aromatic rings. The van der Waals surface area contributed by atoms with Crippen molar-refractivity contribution in [3.05, 3.63) is 90.2 Å². The van der Waals surface area contributed by atoms with E-state index >= 15 is 0 Å². The second-order valence-electron chi connectivity index (χ2n) is 7.57. The maximum absolute atomic E-state index is 8.89. The quantitative estimate of drug-likeness (QED) is 0.174. The highest BCUT2D eigenvalue weighted by molar-refractivity contribution is 5.73. The molecule has 0 bridgehead atoms. The maximum Gasteiger partial charge on any atom is 0.178 e. The van der Waals surface area contributed by atoms with Crippen LogP contribution in [0.4, 0.5) is 0 Å². The SMILES string of the molecule is C=C(CO)OOc1ccc(-c2ccc(-c3ccc(CCCCC)cc3)c(C)c2)cc1. The van der Waals surface area contributed by atoms with Crippen LogP contribution in [0.3, 0.4) is 0 Å². The van der Waals surface area contributed by atoms with Gasteiger partial charge in [-0.25, -0.2) is 0 Å². The zero-order chi connectivity index (χ0) is 21.3. The molecule has 0 unspecified atom stereocenters. The highest BCUT2D eigenvalue weighted by Crippen LogP contribution is 2.30. The summed E-state index contributed by atoms with van der Waals surface area (Å²) in [5, 5.41) is 8.89. The monoisotopic (exact) mass is 402 g/mol. The molecule has 0 radical (unpaired) electrons. The van der Waals surface area contributed by atoms with E-state index in [2.05, 4.69) is 62.9 Å². The molecule has 0 saturated carbocycles. The fourth-order valence-corrected chi connectivity index (χ4v) is 3.43. The molecular weight excluding hydrogens is 372 g/mol. The Morgan fingerprint density at radius 3 is 2.17 bits per heavy atom. The minimum Gasteiger partial charge on any atom is -0.388 e. The Kier molecular flexibility index (Phi) is 7.69. The number of aliphatic hydroxyl groups is 1. The lowest BCUT2D eigenvalue weighted by atomic mass is 9.94. The molecule has 0 spiro atoms. The largest absolute Gasteiger partial charge is 0.388 e. The summed E-state index contributed by atoms with van der Waals surface area (Å²) in [6.45, 7) is 7.64. The van der Waals surface area contributed by atoms with Crippen LogP contribution in [0, 0.1) is 6.92 Å². The van der Waals surface area contributed by atoms with E-state index in [-0.39, 0.29) is 12.4 Å². The van der Waals surface area contributed by atoms with Gasteiger partial charge < -0.3 is 5.11 Å². The van der Waals surface area contributed by atoms with Crippen molar-refractivity contribution in [1.29, 1.82) is 0 Å². The molecule has 30 heavy (non-hydrogen) atoms. The molecule has 0 aliphatic heterocycles. The molecule has 0 aliphatic rings. The third-order valence-corrected chi connectivity index (χ3v) is 5.18. The fraction of sp³-hybridized carbons (Fsp3) is 0.259. The van der Waals surface area contributed by atoms with Gasteiger partial charge in [-0.2, -0.15) is 0 Å². The molecule has 0 fully saturated rings. The average molecular weight is 403 g/mol. The first-order valence-corrected chi connectivity index (χ1v) is 10.5. The van der Waals surface area contributed by atoms with E-state index in [0.717, 1.165) is 17.5 Å². The van der Waals surface area contributed by atoms with Gasteiger partial charge in [0.25, 0.3) is 0 Å². The molecule has 1 N–H and O–H groups in total. The van der Waals surface area contributed by atoms with Gasteiger partial charge in [-0.05, 0) is 65.3 Å². The average Bonchev–Trinajstić information content (AvgIpc) is 2.78. The summed E-state index contributed by atoms with van der Waals surface area (Å²) in [4.78, 5) is 10.0. The smallest absolute Gasteiger partial charge is 0.178 e. The van der Waals surface area contributed by atoms with Crippen LogP contribution in [-0.4, -0.2) is 11.7 Å². The molecule has 0 heterocycles. The van der Waals surface area contributed by atoms with Crippen molar-refractivity contribution in [3.63, 3.8) is 0 Å². The summed E-state index contributed by atoms with van der Waals surface area (Å²) in [7, 11) is 0. The third-order valence-electron chi connectivity index (χ3n) is 5.18. The zero-order valence-electron chi connectivity index (χ0n) is 17.9. The van der Waals surface area contributed by atoms with Crippen LogP contribution in [0.5, 0.6) is 5.75 Å². The normalized spacial score (nSPS) is 10.6. The fourth-order valence-electron chi connectivity index (χ4n) is 3.43. The molecule has 3 nitrogen and oxygen atoms in total. The molecule has 3 heteroatoms. The molecule has 156 valence electrons. The molecule has 0 atom stereocenters. The van der Waals surface area contributed by atoms with E-state index in [1.165, 1.54) is 41.5 Å². The molecular formula is C27H30O3. The summed E-state index contributed by atoms with van der Waals surface area (Å²) in [5.74, 6) is 0.722. The van der Waals surface area contributed by atoms with Crippen LogP contribution in [0.2, 0.25) is 0 Å². The Bertz CT molecular complexity index is 956. The lowest BCUT2D eigenvalue weighted by Gasteiger charge is -2.11. The summed E-state index contributed by atoms with van der Waals surface area (Å²) < 4.78 is 0. The van der Waals surface area contributed by atoms with Crippen LogP contribution in [0.1, 0.15) is 37.3 Å².